The van der Waals surface area contributed by atoms with Crippen molar-refractivity contribution < 1.29 is 19.1 Å². The summed E-state index contributed by atoms with van der Waals surface area (Å²) in [5.41, 5.74) is 1.60. The Hall–Kier alpha value is -3.44. The highest BCUT2D eigenvalue weighted by Crippen LogP contribution is 2.25. The molecular weight excluding hydrogens is 474 g/mol. The van der Waals surface area contributed by atoms with E-state index in [0.29, 0.717) is 17.7 Å². The Balaban J connectivity index is 2.38. The third-order valence-corrected chi connectivity index (χ3v) is 5.92. The number of terminal acetylenes is 1. The Labute approximate surface area is 218 Å². The molecule has 36 heavy (non-hydrogen) atoms. The van der Waals surface area contributed by atoms with Gasteiger partial charge in [0.2, 0.25) is 5.91 Å². The summed E-state index contributed by atoms with van der Waals surface area (Å²) < 4.78 is 5.35. The summed E-state index contributed by atoms with van der Waals surface area (Å²) in [7, 11) is 0. The van der Waals surface area contributed by atoms with Crippen LogP contribution in [0.3, 0.4) is 0 Å². The quantitative estimate of drug-likeness (QED) is 0.366. The van der Waals surface area contributed by atoms with E-state index in [9.17, 15) is 14.4 Å². The highest BCUT2D eigenvalue weighted by Gasteiger charge is 2.36. The van der Waals surface area contributed by atoms with Gasteiger partial charge in [-0.1, -0.05) is 61.0 Å². The summed E-state index contributed by atoms with van der Waals surface area (Å²) in [6, 6.07) is 17.1. The number of hydrogen-bond donors (Lipinski definition) is 2. The lowest BCUT2D eigenvalue weighted by molar-refractivity contribution is -0.138. The highest BCUT2D eigenvalue weighted by atomic mass is 32.2. The van der Waals surface area contributed by atoms with Gasteiger partial charge >= 0.3 is 6.09 Å². The van der Waals surface area contributed by atoms with Gasteiger partial charge in [-0.05, 0) is 62.8 Å². The number of benzene rings is 2. The maximum atomic E-state index is 13.7. The molecule has 2 rings (SSSR count). The van der Waals surface area contributed by atoms with Crippen molar-refractivity contribution in [2.24, 2.45) is 0 Å². The van der Waals surface area contributed by atoms with E-state index in [4.69, 9.17) is 11.2 Å². The second kappa shape index (κ2) is 13.6. The van der Waals surface area contributed by atoms with Crippen molar-refractivity contribution >= 4 is 29.7 Å². The van der Waals surface area contributed by atoms with Crippen molar-refractivity contribution in [3.05, 3.63) is 71.3 Å². The molecule has 2 aromatic rings. The number of ether oxygens (including phenoxy) is 1. The van der Waals surface area contributed by atoms with Crippen LogP contribution in [0.15, 0.2) is 54.6 Å². The van der Waals surface area contributed by atoms with Crippen molar-refractivity contribution in [1.82, 2.24) is 15.5 Å². The van der Waals surface area contributed by atoms with Crippen molar-refractivity contribution in [2.75, 3.05) is 12.0 Å². The van der Waals surface area contributed by atoms with Gasteiger partial charge in [0.1, 0.15) is 17.7 Å². The zero-order chi connectivity index (χ0) is 26.7. The molecule has 0 saturated heterocycles. The summed E-state index contributed by atoms with van der Waals surface area (Å²) in [4.78, 5) is 40.8. The third-order valence-electron chi connectivity index (χ3n) is 5.28. The van der Waals surface area contributed by atoms with Crippen molar-refractivity contribution in [2.45, 2.75) is 58.3 Å². The molecule has 0 aliphatic rings. The standard InChI is InChI=1S/C28H35N3O4S/c1-7-31(26(33)23(17-18-36-6)30-27(34)35-28(3,4)5)24(22-16-12-11-13-20(22)2)25(32)29-19-21-14-9-8-10-15-21/h1,8-16,23-24H,17-19H2,2-6H3,(H,29,32)(H,30,34). The monoisotopic (exact) mass is 509 g/mol. The molecular formula is C28H35N3O4S. The molecule has 192 valence electrons. The Kier molecular flexibility index (Phi) is 10.9. The zero-order valence-electron chi connectivity index (χ0n) is 21.5. The molecule has 0 heterocycles. The van der Waals surface area contributed by atoms with Crippen molar-refractivity contribution in [3.8, 4) is 12.5 Å². The first kappa shape index (κ1) is 28.8. The predicted octanol–water partition coefficient (Wildman–Crippen LogP) is 4.42. The molecule has 0 fully saturated rings. The molecule has 2 unspecified atom stereocenters. The molecule has 3 amide bonds. The molecule has 7 nitrogen and oxygen atoms in total. The first-order valence-corrected chi connectivity index (χ1v) is 13.1. The summed E-state index contributed by atoms with van der Waals surface area (Å²) in [6.45, 7) is 7.36. The Morgan fingerprint density at radius 1 is 1.08 bits per heavy atom. The van der Waals surface area contributed by atoms with Crippen LogP contribution in [0.5, 0.6) is 0 Å². The van der Waals surface area contributed by atoms with E-state index in [1.807, 2.05) is 55.6 Å². The molecule has 2 atom stereocenters. The predicted molar refractivity (Wildman–Crippen MR) is 144 cm³/mol. The van der Waals surface area contributed by atoms with Crippen LogP contribution in [0, 0.1) is 19.4 Å². The minimum atomic E-state index is -1.08. The van der Waals surface area contributed by atoms with E-state index >= 15 is 0 Å². The van der Waals surface area contributed by atoms with Crippen LogP contribution >= 0.6 is 11.8 Å². The second-order valence-electron chi connectivity index (χ2n) is 9.28. The van der Waals surface area contributed by atoms with Gasteiger partial charge in [0.25, 0.3) is 5.91 Å². The average Bonchev–Trinajstić information content (AvgIpc) is 2.83. The molecule has 0 aliphatic heterocycles. The van der Waals surface area contributed by atoms with E-state index < -0.39 is 35.6 Å². The minimum absolute atomic E-state index is 0.278. The topological polar surface area (TPSA) is 87.7 Å². The van der Waals surface area contributed by atoms with Crippen LogP contribution < -0.4 is 10.6 Å². The average molecular weight is 510 g/mol. The number of thioether (sulfide) groups is 1. The summed E-state index contributed by atoms with van der Waals surface area (Å²) in [6.07, 6.45) is 7.34. The largest absolute Gasteiger partial charge is 0.444 e. The molecule has 0 radical (unpaired) electrons. The number of nitrogens with one attached hydrogen (secondary N) is 2. The van der Waals surface area contributed by atoms with E-state index in [1.54, 1.807) is 32.9 Å². The van der Waals surface area contributed by atoms with Gasteiger partial charge in [-0.2, -0.15) is 11.8 Å². The van der Waals surface area contributed by atoms with E-state index in [-0.39, 0.29) is 6.54 Å². The zero-order valence-corrected chi connectivity index (χ0v) is 22.4. The van der Waals surface area contributed by atoms with Gasteiger partial charge in [0.05, 0.1) is 0 Å². The number of alkyl carbamates (subject to hydrolysis) is 1. The fraction of sp³-hybridized carbons (Fsp3) is 0.393. The second-order valence-corrected chi connectivity index (χ2v) is 10.3. The Morgan fingerprint density at radius 3 is 2.31 bits per heavy atom. The first-order valence-electron chi connectivity index (χ1n) is 11.7. The van der Waals surface area contributed by atoms with Crippen LogP contribution in [0.1, 0.15) is 49.9 Å². The summed E-state index contributed by atoms with van der Waals surface area (Å²) in [5.74, 6) is -0.374. The number of amides is 3. The van der Waals surface area contributed by atoms with E-state index in [1.165, 1.54) is 11.8 Å². The number of carbonyl (C=O) groups excluding carboxylic acids is 3. The maximum absolute atomic E-state index is 13.7. The lowest BCUT2D eigenvalue weighted by Gasteiger charge is -2.31. The molecule has 0 aromatic heterocycles. The van der Waals surface area contributed by atoms with Crippen LogP contribution in [0.4, 0.5) is 4.79 Å². The maximum Gasteiger partial charge on any atom is 0.408 e. The van der Waals surface area contributed by atoms with E-state index in [0.717, 1.165) is 16.0 Å². The van der Waals surface area contributed by atoms with Crippen molar-refractivity contribution in [3.63, 3.8) is 0 Å². The molecule has 0 aliphatic carbocycles. The SMILES string of the molecule is C#CN(C(=O)C(CCSC)NC(=O)OC(C)(C)C)C(C(=O)NCc1ccccc1)c1ccccc1C. The highest BCUT2D eigenvalue weighted by molar-refractivity contribution is 7.98. The number of aryl methyl sites for hydroxylation is 1. The summed E-state index contributed by atoms with van der Waals surface area (Å²) in [5, 5.41) is 5.55. The molecule has 2 aromatic carbocycles. The number of carbonyl (C=O) groups is 3. The van der Waals surface area contributed by atoms with Gasteiger partial charge in [0.15, 0.2) is 0 Å². The number of hydrogen-bond acceptors (Lipinski definition) is 5. The van der Waals surface area contributed by atoms with Crippen LogP contribution in [0.25, 0.3) is 0 Å². The lowest BCUT2D eigenvalue weighted by atomic mass is 9.98. The normalized spacial score (nSPS) is 12.6. The van der Waals surface area contributed by atoms with Gasteiger partial charge < -0.3 is 15.4 Å². The van der Waals surface area contributed by atoms with Gasteiger partial charge in [-0.15, -0.1) is 0 Å². The molecule has 8 heteroatoms. The van der Waals surface area contributed by atoms with Gasteiger partial charge in [0, 0.05) is 12.6 Å². The van der Waals surface area contributed by atoms with Gasteiger partial charge in [-0.3, -0.25) is 14.5 Å². The fourth-order valence-electron chi connectivity index (χ4n) is 3.55. The van der Waals surface area contributed by atoms with E-state index in [2.05, 4.69) is 16.7 Å². The molecule has 0 saturated carbocycles. The van der Waals surface area contributed by atoms with Crippen molar-refractivity contribution in [1.29, 1.82) is 0 Å². The van der Waals surface area contributed by atoms with Crippen LogP contribution in [-0.2, 0) is 20.9 Å². The number of rotatable bonds is 10. The van der Waals surface area contributed by atoms with Crippen LogP contribution in [-0.4, -0.2) is 46.5 Å². The summed E-state index contributed by atoms with van der Waals surface area (Å²) >= 11 is 1.53. The first-order chi connectivity index (χ1) is 17.1. The molecule has 2 N–H and O–H groups in total. The third kappa shape index (κ3) is 8.65. The minimum Gasteiger partial charge on any atom is -0.444 e. The van der Waals surface area contributed by atoms with Gasteiger partial charge in [-0.25, -0.2) is 4.79 Å². The fourth-order valence-corrected chi connectivity index (χ4v) is 4.02. The van der Waals surface area contributed by atoms with Crippen LogP contribution in [0.2, 0.25) is 0 Å². The Bertz CT molecular complexity index is 1080. The number of nitrogens with zero attached hydrogens (tertiary/aromatic N) is 1. The Morgan fingerprint density at radius 2 is 1.72 bits per heavy atom. The smallest absolute Gasteiger partial charge is 0.408 e. The molecule has 0 spiro atoms. The lowest BCUT2D eigenvalue weighted by Crippen LogP contribution is -2.51. The molecule has 0 bridgehead atoms.